The summed E-state index contributed by atoms with van der Waals surface area (Å²) >= 11 is 6.00. The highest BCUT2D eigenvalue weighted by Crippen LogP contribution is 2.30. The normalized spacial score (nSPS) is 18.6. The van der Waals surface area contributed by atoms with Crippen LogP contribution in [0.15, 0.2) is 18.2 Å². The third kappa shape index (κ3) is 3.33. The van der Waals surface area contributed by atoms with Gasteiger partial charge < -0.3 is 10.0 Å². The number of aliphatic hydroxyl groups excluding tert-OH is 1. The second-order valence-corrected chi connectivity index (χ2v) is 5.43. The van der Waals surface area contributed by atoms with Gasteiger partial charge >= 0.3 is 0 Å². The molecule has 0 bridgehead atoms. The molecule has 0 aromatic heterocycles. The lowest BCUT2D eigenvalue weighted by atomic mass is 9.98. The average Bonchev–Trinajstić information content (AvgIpc) is 2.47. The Morgan fingerprint density at radius 3 is 2.90 bits per heavy atom. The predicted octanol–water partition coefficient (Wildman–Crippen LogP) is 2.63. The summed E-state index contributed by atoms with van der Waals surface area (Å²) in [4.78, 5) is 24.6. The van der Waals surface area contributed by atoms with Crippen LogP contribution in [0.25, 0.3) is 0 Å². The number of amides is 1. The van der Waals surface area contributed by atoms with Gasteiger partial charge in [0.25, 0.3) is 11.6 Å². The summed E-state index contributed by atoms with van der Waals surface area (Å²) < 4.78 is 0. The molecule has 114 valence electrons. The maximum atomic E-state index is 12.6. The van der Waals surface area contributed by atoms with Crippen molar-refractivity contribution < 1.29 is 14.8 Å². The van der Waals surface area contributed by atoms with E-state index in [1.54, 1.807) is 4.90 Å². The number of nitrogens with zero attached hydrogens (tertiary/aromatic N) is 2. The second-order valence-electron chi connectivity index (χ2n) is 5.06. The largest absolute Gasteiger partial charge is 0.396 e. The molecule has 1 heterocycles. The third-order valence-corrected chi connectivity index (χ3v) is 4.15. The van der Waals surface area contributed by atoms with Crippen molar-refractivity contribution in [2.45, 2.75) is 31.7 Å². The molecule has 0 spiro atoms. The highest BCUT2D eigenvalue weighted by atomic mass is 35.5. The van der Waals surface area contributed by atoms with Gasteiger partial charge in [0.05, 0.1) is 10.5 Å². The van der Waals surface area contributed by atoms with Gasteiger partial charge in [0.1, 0.15) is 5.02 Å². The van der Waals surface area contributed by atoms with E-state index in [4.69, 9.17) is 16.7 Å². The number of piperidine rings is 1. The number of rotatable bonds is 4. The third-order valence-electron chi connectivity index (χ3n) is 3.76. The Labute approximate surface area is 127 Å². The first-order valence-corrected chi connectivity index (χ1v) is 7.28. The quantitative estimate of drug-likeness (QED) is 0.684. The van der Waals surface area contributed by atoms with Crippen molar-refractivity contribution in [1.29, 1.82) is 0 Å². The molecule has 1 amide bonds. The van der Waals surface area contributed by atoms with Crippen LogP contribution in [0.2, 0.25) is 5.02 Å². The summed E-state index contributed by atoms with van der Waals surface area (Å²) in [6, 6.07) is 4.21. The monoisotopic (exact) mass is 312 g/mol. The summed E-state index contributed by atoms with van der Waals surface area (Å²) in [7, 11) is 0. The van der Waals surface area contributed by atoms with Gasteiger partial charge in [-0.1, -0.05) is 17.7 Å². The van der Waals surface area contributed by atoms with Crippen molar-refractivity contribution in [3.05, 3.63) is 38.9 Å². The van der Waals surface area contributed by atoms with Crippen molar-refractivity contribution >= 4 is 23.2 Å². The van der Waals surface area contributed by atoms with Crippen molar-refractivity contribution in [3.63, 3.8) is 0 Å². The Hall–Kier alpha value is -1.66. The van der Waals surface area contributed by atoms with Gasteiger partial charge in [-0.25, -0.2) is 0 Å². The number of aliphatic hydroxyl groups is 1. The Bertz CT molecular complexity index is 548. The van der Waals surface area contributed by atoms with Crippen molar-refractivity contribution in [2.75, 3.05) is 13.2 Å². The Balaban J connectivity index is 2.30. The molecule has 1 fully saturated rings. The fourth-order valence-corrected chi connectivity index (χ4v) is 2.97. The molecule has 6 nitrogen and oxygen atoms in total. The maximum Gasteiger partial charge on any atom is 0.288 e. The first-order valence-electron chi connectivity index (χ1n) is 6.91. The van der Waals surface area contributed by atoms with E-state index < -0.39 is 4.92 Å². The second kappa shape index (κ2) is 6.87. The topological polar surface area (TPSA) is 83.7 Å². The standard InChI is InChI=1S/C14H17ClN2O4/c15-13-11(5-3-6-12(13)17(20)21)14(19)16-8-2-1-4-10(16)7-9-18/h3,5-6,10,18H,1-2,4,7-9H2. The molecule has 0 radical (unpaired) electrons. The Morgan fingerprint density at radius 2 is 2.24 bits per heavy atom. The minimum Gasteiger partial charge on any atom is -0.396 e. The van der Waals surface area contributed by atoms with Crippen LogP contribution in [0, 0.1) is 10.1 Å². The SMILES string of the molecule is O=C(c1cccc([N+](=O)[O-])c1Cl)N1CCCCC1CCO. The molecular formula is C14H17ClN2O4. The number of carbonyl (C=O) groups excluding carboxylic acids is 1. The molecule has 1 atom stereocenters. The lowest BCUT2D eigenvalue weighted by Gasteiger charge is -2.35. The molecule has 1 saturated heterocycles. The number of hydrogen-bond donors (Lipinski definition) is 1. The van der Waals surface area contributed by atoms with Crippen LogP contribution >= 0.6 is 11.6 Å². The fraction of sp³-hybridized carbons (Fsp3) is 0.500. The number of halogens is 1. The minimum atomic E-state index is -0.597. The summed E-state index contributed by atoms with van der Waals surface area (Å²) in [5.74, 6) is -0.304. The summed E-state index contributed by atoms with van der Waals surface area (Å²) in [5.41, 5.74) is -0.117. The molecule has 0 aliphatic carbocycles. The zero-order chi connectivity index (χ0) is 15.4. The predicted molar refractivity (Wildman–Crippen MR) is 78.5 cm³/mol. The lowest BCUT2D eigenvalue weighted by Crippen LogP contribution is -2.44. The van der Waals surface area contributed by atoms with Crippen molar-refractivity contribution in [2.24, 2.45) is 0 Å². The van der Waals surface area contributed by atoms with Crippen LogP contribution in [-0.4, -0.2) is 40.0 Å². The Kier molecular flexibility index (Phi) is 5.14. The minimum absolute atomic E-state index is 0.0110. The van der Waals surface area contributed by atoms with Gasteiger partial charge in [-0.15, -0.1) is 0 Å². The number of nitro groups is 1. The fourth-order valence-electron chi connectivity index (χ4n) is 2.70. The molecule has 2 rings (SSSR count). The van der Waals surface area contributed by atoms with E-state index in [-0.39, 0.29) is 34.8 Å². The highest BCUT2D eigenvalue weighted by Gasteiger charge is 2.30. The van der Waals surface area contributed by atoms with Gasteiger partial charge in [0.2, 0.25) is 0 Å². The van der Waals surface area contributed by atoms with Crippen LogP contribution in [-0.2, 0) is 0 Å². The molecule has 1 N–H and O–H groups in total. The smallest absolute Gasteiger partial charge is 0.288 e. The zero-order valence-electron chi connectivity index (χ0n) is 11.5. The molecule has 1 aromatic carbocycles. The van der Waals surface area contributed by atoms with E-state index in [0.717, 1.165) is 19.3 Å². The molecule has 1 unspecified atom stereocenters. The lowest BCUT2D eigenvalue weighted by molar-refractivity contribution is -0.384. The molecule has 1 aliphatic rings. The van der Waals surface area contributed by atoms with E-state index in [0.29, 0.717) is 13.0 Å². The van der Waals surface area contributed by atoms with Crippen LogP contribution in [0.3, 0.4) is 0 Å². The summed E-state index contributed by atoms with van der Waals surface area (Å²) in [6.07, 6.45) is 3.24. The van der Waals surface area contributed by atoms with Crippen LogP contribution in [0.4, 0.5) is 5.69 Å². The van der Waals surface area contributed by atoms with Gasteiger partial charge in [-0.2, -0.15) is 0 Å². The molecule has 0 saturated carbocycles. The highest BCUT2D eigenvalue weighted by molar-refractivity contribution is 6.35. The maximum absolute atomic E-state index is 12.6. The van der Waals surface area contributed by atoms with Gasteiger partial charge in [-0.3, -0.25) is 14.9 Å². The van der Waals surface area contributed by atoms with E-state index >= 15 is 0 Å². The zero-order valence-corrected chi connectivity index (χ0v) is 12.3. The number of hydrogen-bond acceptors (Lipinski definition) is 4. The number of nitro benzene ring substituents is 1. The first kappa shape index (κ1) is 15.7. The van der Waals surface area contributed by atoms with Gasteiger partial charge in [-0.05, 0) is 31.7 Å². The first-order chi connectivity index (χ1) is 10.1. The number of likely N-dealkylation sites (tertiary alicyclic amines) is 1. The number of benzene rings is 1. The molecule has 21 heavy (non-hydrogen) atoms. The summed E-state index contributed by atoms with van der Waals surface area (Å²) in [6.45, 7) is 0.597. The van der Waals surface area contributed by atoms with Crippen LogP contribution in [0.5, 0.6) is 0 Å². The Morgan fingerprint density at radius 1 is 1.48 bits per heavy atom. The molecular weight excluding hydrogens is 296 g/mol. The van der Waals surface area contributed by atoms with E-state index in [2.05, 4.69) is 0 Å². The van der Waals surface area contributed by atoms with Crippen LogP contribution < -0.4 is 0 Å². The van der Waals surface area contributed by atoms with Gasteiger partial charge in [0.15, 0.2) is 0 Å². The van der Waals surface area contributed by atoms with Gasteiger partial charge in [0, 0.05) is 25.3 Å². The molecule has 1 aliphatic heterocycles. The van der Waals surface area contributed by atoms with E-state index in [1.807, 2.05) is 0 Å². The van der Waals surface area contributed by atoms with Crippen molar-refractivity contribution in [1.82, 2.24) is 4.90 Å². The molecule has 7 heteroatoms. The molecule has 1 aromatic rings. The summed E-state index contributed by atoms with van der Waals surface area (Å²) in [5, 5.41) is 19.9. The van der Waals surface area contributed by atoms with E-state index in [9.17, 15) is 14.9 Å². The number of carbonyl (C=O) groups is 1. The van der Waals surface area contributed by atoms with E-state index in [1.165, 1.54) is 18.2 Å². The van der Waals surface area contributed by atoms with Crippen molar-refractivity contribution in [3.8, 4) is 0 Å². The average molecular weight is 313 g/mol. The van der Waals surface area contributed by atoms with Crippen LogP contribution in [0.1, 0.15) is 36.0 Å².